The summed E-state index contributed by atoms with van der Waals surface area (Å²) in [6, 6.07) is 6.26. The fraction of sp³-hybridized carbons (Fsp3) is 0.227. The first-order valence-corrected chi connectivity index (χ1v) is 9.88. The van der Waals surface area contributed by atoms with Gasteiger partial charge in [-0.2, -0.15) is 18.3 Å². The number of rotatable bonds is 2. The van der Waals surface area contributed by atoms with Gasteiger partial charge in [0.05, 0.1) is 34.5 Å². The zero-order valence-electron chi connectivity index (χ0n) is 17.0. The maximum atomic E-state index is 13.1. The molecule has 32 heavy (non-hydrogen) atoms. The Balaban J connectivity index is 1.44. The summed E-state index contributed by atoms with van der Waals surface area (Å²) in [5, 5.41) is 4.49. The Hall–Kier alpha value is -3.82. The molecule has 3 aromatic heterocycles. The number of benzene rings is 1. The number of pyridine rings is 1. The van der Waals surface area contributed by atoms with Gasteiger partial charge in [-0.25, -0.2) is 0 Å². The molecule has 0 atom stereocenters. The molecule has 0 fully saturated rings. The van der Waals surface area contributed by atoms with Crippen LogP contribution in [0.3, 0.4) is 0 Å². The van der Waals surface area contributed by atoms with E-state index < -0.39 is 11.7 Å². The van der Waals surface area contributed by atoms with E-state index in [1.54, 1.807) is 47.2 Å². The first kappa shape index (κ1) is 20.1. The van der Waals surface area contributed by atoms with E-state index in [0.717, 1.165) is 17.8 Å². The number of amides is 1. The first-order valence-electron chi connectivity index (χ1n) is 9.88. The summed E-state index contributed by atoms with van der Waals surface area (Å²) >= 11 is 0. The lowest BCUT2D eigenvalue weighted by Crippen LogP contribution is -2.36. The van der Waals surface area contributed by atoms with Crippen LogP contribution in [-0.2, 0) is 26.2 Å². The maximum absolute atomic E-state index is 13.1. The standard InChI is InChI=1S/C22H17F3N6O/c1-30-20(14-8-15(11-26-10-14)22(23,24)25)16-4-7-31(12-19(16)29-30)21(32)13-2-3-17-18(9-13)28-6-5-27-17/h2-3,5-6,8-11H,4,7,12H2,1H3. The second-order valence-corrected chi connectivity index (χ2v) is 7.59. The fourth-order valence-corrected chi connectivity index (χ4v) is 4.06. The molecule has 0 spiro atoms. The highest BCUT2D eigenvalue weighted by Crippen LogP contribution is 2.34. The predicted octanol–water partition coefficient (Wildman–Crippen LogP) is 3.64. The van der Waals surface area contributed by atoms with Crippen molar-refractivity contribution in [2.45, 2.75) is 19.1 Å². The molecule has 1 aliphatic heterocycles. The highest BCUT2D eigenvalue weighted by Gasteiger charge is 2.32. The van der Waals surface area contributed by atoms with Crippen molar-refractivity contribution >= 4 is 16.9 Å². The lowest BCUT2D eigenvalue weighted by atomic mass is 9.99. The van der Waals surface area contributed by atoms with Gasteiger partial charge < -0.3 is 4.90 Å². The Bertz CT molecular complexity index is 1350. The molecule has 1 aromatic carbocycles. The van der Waals surface area contributed by atoms with E-state index in [9.17, 15) is 18.0 Å². The Labute approximate surface area is 180 Å². The van der Waals surface area contributed by atoms with E-state index in [1.807, 2.05) is 0 Å². The number of aryl methyl sites for hydroxylation is 1. The van der Waals surface area contributed by atoms with E-state index in [4.69, 9.17) is 0 Å². The summed E-state index contributed by atoms with van der Waals surface area (Å²) in [7, 11) is 1.68. The number of aromatic nitrogens is 5. The van der Waals surface area contributed by atoms with Gasteiger partial charge in [0.15, 0.2) is 0 Å². The summed E-state index contributed by atoms with van der Waals surface area (Å²) < 4.78 is 41.0. The van der Waals surface area contributed by atoms with E-state index in [-0.39, 0.29) is 12.5 Å². The minimum absolute atomic E-state index is 0.156. The van der Waals surface area contributed by atoms with E-state index in [0.29, 0.717) is 46.5 Å². The molecule has 0 unspecified atom stereocenters. The van der Waals surface area contributed by atoms with Crippen LogP contribution in [0.4, 0.5) is 13.2 Å². The van der Waals surface area contributed by atoms with Gasteiger partial charge in [-0.15, -0.1) is 0 Å². The van der Waals surface area contributed by atoms with Crippen LogP contribution in [0.5, 0.6) is 0 Å². The van der Waals surface area contributed by atoms with Crippen LogP contribution in [0.1, 0.15) is 27.2 Å². The molecule has 0 radical (unpaired) electrons. The molecule has 0 saturated heterocycles. The average Bonchev–Trinajstić information content (AvgIpc) is 3.12. The second-order valence-electron chi connectivity index (χ2n) is 7.59. The zero-order valence-corrected chi connectivity index (χ0v) is 17.0. The summed E-state index contributed by atoms with van der Waals surface area (Å²) in [5.74, 6) is -0.156. The van der Waals surface area contributed by atoms with Gasteiger partial charge in [-0.3, -0.25) is 24.4 Å². The second kappa shape index (κ2) is 7.40. The molecule has 0 N–H and O–H groups in total. The van der Waals surface area contributed by atoms with Crippen molar-refractivity contribution in [1.82, 2.24) is 29.6 Å². The van der Waals surface area contributed by atoms with Crippen LogP contribution >= 0.6 is 0 Å². The van der Waals surface area contributed by atoms with Crippen molar-refractivity contribution in [3.8, 4) is 11.3 Å². The smallest absolute Gasteiger partial charge is 0.332 e. The third-order valence-corrected chi connectivity index (χ3v) is 5.54. The predicted molar refractivity (Wildman–Crippen MR) is 109 cm³/mol. The van der Waals surface area contributed by atoms with Crippen molar-refractivity contribution in [3.63, 3.8) is 0 Å². The number of carbonyl (C=O) groups is 1. The third-order valence-electron chi connectivity index (χ3n) is 5.54. The lowest BCUT2D eigenvalue weighted by Gasteiger charge is -2.26. The summed E-state index contributed by atoms with van der Waals surface area (Å²) in [4.78, 5) is 27.0. The molecule has 4 heterocycles. The van der Waals surface area contributed by atoms with Gasteiger partial charge in [0.2, 0.25) is 0 Å². The molecule has 0 bridgehead atoms. The summed E-state index contributed by atoms with van der Waals surface area (Å²) in [6.45, 7) is 0.697. The molecule has 0 aliphatic carbocycles. The monoisotopic (exact) mass is 438 g/mol. The van der Waals surface area contributed by atoms with Gasteiger partial charge in [-0.1, -0.05) is 0 Å². The van der Waals surface area contributed by atoms with Crippen LogP contribution < -0.4 is 0 Å². The van der Waals surface area contributed by atoms with Crippen LogP contribution in [0.25, 0.3) is 22.3 Å². The molecule has 5 rings (SSSR count). The van der Waals surface area contributed by atoms with Crippen LogP contribution in [0.15, 0.2) is 49.1 Å². The van der Waals surface area contributed by atoms with Gasteiger partial charge in [0.1, 0.15) is 0 Å². The molecule has 0 saturated carbocycles. The highest BCUT2D eigenvalue weighted by molar-refractivity contribution is 5.97. The Morgan fingerprint density at radius 2 is 1.84 bits per heavy atom. The number of nitrogens with zero attached hydrogens (tertiary/aromatic N) is 6. The van der Waals surface area contributed by atoms with Gasteiger partial charge >= 0.3 is 6.18 Å². The van der Waals surface area contributed by atoms with Crippen molar-refractivity contribution in [3.05, 3.63) is 71.4 Å². The molecule has 1 amide bonds. The Morgan fingerprint density at radius 1 is 1.06 bits per heavy atom. The van der Waals surface area contributed by atoms with Crippen molar-refractivity contribution in [2.24, 2.45) is 7.05 Å². The van der Waals surface area contributed by atoms with Crippen molar-refractivity contribution < 1.29 is 18.0 Å². The van der Waals surface area contributed by atoms with Crippen molar-refractivity contribution in [2.75, 3.05) is 6.54 Å². The molecule has 4 aromatic rings. The SMILES string of the molecule is Cn1nc2c(c1-c1cncc(C(F)(F)F)c1)CCN(C(=O)c1ccc3nccnc3c1)C2. The van der Waals surface area contributed by atoms with Crippen LogP contribution in [0.2, 0.25) is 0 Å². The number of hydrogen-bond acceptors (Lipinski definition) is 5. The van der Waals surface area contributed by atoms with Gasteiger partial charge in [-0.05, 0) is 30.7 Å². The molecule has 1 aliphatic rings. The Kier molecular flexibility index (Phi) is 4.65. The normalized spacial score (nSPS) is 13.9. The number of hydrogen-bond donors (Lipinski definition) is 0. The van der Waals surface area contributed by atoms with Gasteiger partial charge in [0, 0.05) is 55.1 Å². The minimum Gasteiger partial charge on any atom is -0.332 e. The largest absolute Gasteiger partial charge is 0.417 e. The average molecular weight is 438 g/mol. The molecule has 7 nitrogen and oxygen atoms in total. The number of carbonyl (C=O) groups excluding carboxylic acids is 1. The topological polar surface area (TPSA) is 76.8 Å². The van der Waals surface area contributed by atoms with E-state index in [1.165, 1.54) is 6.20 Å². The highest BCUT2D eigenvalue weighted by atomic mass is 19.4. The summed E-state index contributed by atoms with van der Waals surface area (Å²) in [5.41, 5.74) is 3.47. The number of halogens is 3. The van der Waals surface area contributed by atoms with E-state index >= 15 is 0 Å². The van der Waals surface area contributed by atoms with Gasteiger partial charge in [0.25, 0.3) is 5.91 Å². The minimum atomic E-state index is -4.48. The number of fused-ring (bicyclic) bond motifs is 2. The lowest BCUT2D eigenvalue weighted by molar-refractivity contribution is -0.137. The van der Waals surface area contributed by atoms with Crippen LogP contribution in [-0.4, -0.2) is 42.1 Å². The Morgan fingerprint density at radius 3 is 2.62 bits per heavy atom. The summed E-state index contributed by atoms with van der Waals surface area (Å²) in [6.07, 6.45) is 1.38. The molecular weight excluding hydrogens is 421 g/mol. The van der Waals surface area contributed by atoms with Crippen molar-refractivity contribution in [1.29, 1.82) is 0 Å². The van der Waals surface area contributed by atoms with Crippen LogP contribution in [0, 0.1) is 0 Å². The first-order chi connectivity index (χ1) is 15.3. The zero-order chi connectivity index (χ0) is 22.5. The quantitative estimate of drug-likeness (QED) is 0.478. The molecule has 10 heteroatoms. The third kappa shape index (κ3) is 3.47. The number of alkyl halides is 3. The maximum Gasteiger partial charge on any atom is 0.417 e. The molecule has 162 valence electrons. The fourth-order valence-electron chi connectivity index (χ4n) is 4.06. The molecular formula is C22H17F3N6O. The van der Waals surface area contributed by atoms with E-state index in [2.05, 4.69) is 20.1 Å².